The number of hydrogen-bond acceptors (Lipinski definition) is 3. The molecule has 2 aromatic carbocycles. The van der Waals surface area contributed by atoms with Gasteiger partial charge in [-0.1, -0.05) is 0 Å². The van der Waals surface area contributed by atoms with Crippen molar-refractivity contribution in [1.29, 1.82) is 0 Å². The lowest BCUT2D eigenvalue weighted by atomic mass is 9.90. The van der Waals surface area contributed by atoms with Crippen LogP contribution in [0.5, 0.6) is 0 Å². The van der Waals surface area contributed by atoms with Crippen LogP contribution in [-0.2, 0) is 9.53 Å². The summed E-state index contributed by atoms with van der Waals surface area (Å²) in [5.74, 6) is -1.14. The SMILES string of the molecule is O=C(c1ccc(F)cc1)N1CCCC2(C1)CN(c1ccc(F)cc1)C(=O)CO2. The molecule has 0 aliphatic carbocycles. The van der Waals surface area contributed by atoms with Crippen molar-refractivity contribution in [2.24, 2.45) is 0 Å². The number of carbonyl (C=O) groups is 2. The van der Waals surface area contributed by atoms with E-state index in [1.807, 2.05) is 0 Å². The summed E-state index contributed by atoms with van der Waals surface area (Å²) >= 11 is 0. The third-order valence-corrected chi connectivity index (χ3v) is 5.31. The Kier molecular flexibility index (Phi) is 4.85. The van der Waals surface area contributed by atoms with Crippen LogP contribution >= 0.6 is 0 Å². The van der Waals surface area contributed by atoms with Crippen LogP contribution in [0.1, 0.15) is 23.2 Å². The molecule has 0 aromatic heterocycles. The average molecular weight is 386 g/mol. The number of rotatable bonds is 2. The summed E-state index contributed by atoms with van der Waals surface area (Å²) < 4.78 is 32.3. The zero-order valence-corrected chi connectivity index (χ0v) is 15.2. The third-order valence-electron chi connectivity index (χ3n) is 5.31. The fourth-order valence-electron chi connectivity index (χ4n) is 3.86. The van der Waals surface area contributed by atoms with Crippen molar-refractivity contribution in [2.75, 3.05) is 31.1 Å². The molecule has 4 rings (SSSR count). The maximum Gasteiger partial charge on any atom is 0.253 e. The summed E-state index contributed by atoms with van der Waals surface area (Å²) in [6.45, 7) is 1.13. The van der Waals surface area contributed by atoms with Crippen LogP contribution in [0.15, 0.2) is 48.5 Å². The van der Waals surface area contributed by atoms with Crippen molar-refractivity contribution in [3.05, 3.63) is 65.7 Å². The van der Waals surface area contributed by atoms with Crippen molar-refractivity contribution < 1.29 is 23.1 Å². The van der Waals surface area contributed by atoms with Gasteiger partial charge in [-0.25, -0.2) is 8.78 Å². The Morgan fingerprint density at radius 1 is 0.964 bits per heavy atom. The van der Waals surface area contributed by atoms with E-state index in [-0.39, 0.29) is 24.2 Å². The van der Waals surface area contributed by atoms with E-state index in [4.69, 9.17) is 4.74 Å². The van der Waals surface area contributed by atoms with Crippen molar-refractivity contribution in [2.45, 2.75) is 18.4 Å². The van der Waals surface area contributed by atoms with E-state index >= 15 is 0 Å². The highest BCUT2D eigenvalue weighted by atomic mass is 19.1. The Bertz CT molecular complexity index is 886. The topological polar surface area (TPSA) is 49.9 Å². The summed E-state index contributed by atoms with van der Waals surface area (Å²) in [6, 6.07) is 11.2. The molecule has 0 radical (unpaired) electrons. The molecule has 146 valence electrons. The van der Waals surface area contributed by atoms with Crippen molar-refractivity contribution >= 4 is 17.5 Å². The molecular weight excluding hydrogens is 366 g/mol. The molecule has 7 heteroatoms. The molecule has 1 atom stereocenters. The highest BCUT2D eigenvalue weighted by molar-refractivity contribution is 5.96. The van der Waals surface area contributed by atoms with Crippen LogP contribution < -0.4 is 4.90 Å². The first-order valence-corrected chi connectivity index (χ1v) is 9.21. The van der Waals surface area contributed by atoms with E-state index in [9.17, 15) is 18.4 Å². The van der Waals surface area contributed by atoms with Gasteiger partial charge in [-0.05, 0) is 61.4 Å². The second-order valence-corrected chi connectivity index (χ2v) is 7.27. The smallest absolute Gasteiger partial charge is 0.253 e. The Hall–Kier alpha value is -2.80. The number of piperidine rings is 1. The Balaban J connectivity index is 1.53. The molecule has 2 fully saturated rings. The zero-order chi connectivity index (χ0) is 19.7. The lowest BCUT2D eigenvalue weighted by molar-refractivity contribution is -0.144. The highest BCUT2D eigenvalue weighted by Crippen LogP contribution is 2.32. The second kappa shape index (κ2) is 7.31. The van der Waals surface area contributed by atoms with Gasteiger partial charge in [-0.15, -0.1) is 0 Å². The standard InChI is InChI=1S/C21H20F2N2O3/c22-16-4-2-15(3-5-16)20(27)24-11-1-10-21(13-24)14-25(19(26)12-28-21)18-8-6-17(23)7-9-18/h2-9H,1,10-14H2. The number of ether oxygens (including phenoxy) is 1. The number of anilines is 1. The number of amides is 2. The quantitative estimate of drug-likeness (QED) is 0.797. The molecule has 0 bridgehead atoms. The predicted octanol–water partition coefficient (Wildman–Crippen LogP) is 3.00. The Labute approximate surface area is 161 Å². The maximum atomic E-state index is 13.2. The Morgan fingerprint density at radius 2 is 1.61 bits per heavy atom. The maximum absolute atomic E-state index is 13.2. The molecule has 28 heavy (non-hydrogen) atoms. The molecule has 2 saturated heterocycles. The van der Waals surface area contributed by atoms with Crippen molar-refractivity contribution in [3.8, 4) is 0 Å². The molecule has 1 unspecified atom stereocenters. The average Bonchev–Trinajstić information content (AvgIpc) is 2.71. The molecule has 2 aliphatic heterocycles. The van der Waals surface area contributed by atoms with Gasteiger partial charge in [0.2, 0.25) is 0 Å². The minimum absolute atomic E-state index is 0.0873. The Morgan fingerprint density at radius 3 is 2.29 bits per heavy atom. The number of carbonyl (C=O) groups excluding carboxylic acids is 2. The van der Waals surface area contributed by atoms with Crippen LogP contribution in [0.3, 0.4) is 0 Å². The number of hydrogen-bond donors (Lipinski definition) is 0. The first-order chi connectivity index (χ1) is 13.5. The van der Waals surface area contributed by atoms with E-state index in [0.29, 0.717) is 37.3 Å². The minimum atomic E-state index is -0.670. The minimum Gasteiger partial charge on any atom is -0.361 e. The first kappa shape index (κ1) is 18.6. The fraction of sp³-hybridized carbons (Fsp3) is 0.333. The molecule has 2 heterocycles. The third kappa shape index (κ3) is 3.62. The zero-order valence-electron chi connectivity index (χ0n) is 15.2. The summed E-state index contributed by atoms with van der Waals surface area (Å²) in [5.41, 5.74) is 0.354. The van der Waals surface area contributed by atoms with Crippen LogP contribution in [0.2, 0.25) is 0 Å². The van der Waals surface area contributed by atoms with Gasteiger partial charge in [-0.2, -0.15) is 0 Å². The normalized spacial score (nSPS) is 22.6. The summed E-state index contributed by atoms with van der Waals surface area (Å²) in [7, 11) is 0. The van der Waals surface area contributed by atoms with Crippen LogP contribution in [0, 0.1) is 11.6 Å². The van der Waals surface area contributed by atoms with Crippen molar-refractivity contribution in [3.63, 3.8) is 0 Å². The monoisotopic (exact) mass is 386 g/mol. The molecule has 1 spiro atoms. The van der Waals surface area contributed by atoms with Crippen LogP contribution in [0.25, 0.3) is 0 Å². The number of benzene rings is 2. The van der Waals surface area contributed by atoms with E-state index in [0.717, 1.165) is 6.42 Å². The molecule has 2 aliphatic rings. The van der Waals surface area contributed by atoms with Crippen molar-refractivity contribution in [1.82, 2.24) is 4.90 Å². The van der Waals surface area contributed by atoms with Gasteiger partial charge in [0.05, 0.1) is 13.1 Å². The fourth-order valence-corrected chi connectivity index (χ4v) is 3.86. The predicted molar refractivity (Wildman–Crippen MR) is 99.0 cm³/mol. The first-order valence-electron chi connectivity index (χ1n) is 9.21. The molecule has 0 saturated carbocycles. The molecule has 0 N–H and O–H groups in total. The summed E-state index contributed by atoms with van der Waals surface area (Å²) in [4.78, 5) is 28.5. The lowest BCUT2D eigenvalue weighted by Crippen LogP contribution is -2.62. The van der Waals surface area contributed by atoms with E-state index in [2.05, 4.69) is 0 Å². The molecule has 5 nitrogen and oxygen atoms in total. The summed E-state index contributed by atoms with van der Waals surface area (Å²) in [5, 5.41) is 0. The molecule has 2 amide bonds. The van der Waals surface area contributed by atoms with E-state index < -0.39 is 11.4 Å². The number of nitrogens with zero attached hydrogens (tertiary/aromatic N) is 2. The van der Waals surface area contributed by atoms with Gasteiger partial charge in [-0.3, -0.25) is 9.59 Å². The van der Waals surface area contributed by atoms with E-state index in [1.54, 1.807) is 21.9 Å². The van der Waals surface area contributed by atoms with Gasteiger partial charge in [0, 0.05) is 17.8 Å². The second-order valence-electron chi connectivity index (χ2n) is 7.27. The largest absolute Gasteiger partial charge is 0.361 e. The van der Waals surface area contributed by atoms with Gasteiger partial charge < -0.3 is 14.5 Å². The molecular formula is C21H20F2N2O3. The van der Waals surface area contributed by atoms with Gasteiger partial charge in [0.15, 0.2) is 0 Å². The number of halogens is 2. The van der Waals surface area contributed by atoms with E-state index in [1.165, 1.54) is 36.4 Å². The lowest BCUT2D eigenvalue weighted by Gasteiger charge is -2.47. The highest BCUT2D eigenvalue weighted by Gasteiger charge is 2.44. The molecule has 2 aromatic rings. The van der Waals surface area contributed by atoms with Gasteiger partial charge in [0.1, 0.15) is 23.8 Å². The van der Waals surface area contributed by atoms with Crippen LogP contribution in [-0.4, -0.2) is 48.6 Å². The summed E-state index contributed by atoms with van der Waals surface area (Å²) in [6.07, 6.45) is 1.45. The number of likely N-dealkylation sites (tertiary alicyclic amines) is 1. The van der Waals surface area contributed by atoms with Gasteiger partial charge >= 0.3 is 0 Å². The van der Waals surface area contributed by atoms with Crippen LogP contribution in [0.4, 0.5) is 14.5 Å². The number of morpholine rings is 1. The van der Waals surface area contributed by atoms with Gasteiger partial charge in [0.25, 0.3) is 11.8 Å².